The van der Waals surface area contributed by atoms with Gasteiger partial charge in [0.15, 0.2) is 27.1 Å². The largest absolute Gasteiger partial charge is 0.504 e. The summed E-state index contributed by atoms with van der Waals surface area (Å²) in [6.07, 6.45) is 0. The molecule has 7 heteroatoms. The van der Waals surface area contributed by atoms with Crippen molar-refractivity contribution >= 4 is 31.6 Å². The number of halogens is 1. The van der Waals surface area contributed by atoms with E-state index in [4.69, 9.17) is 0 Å². The van der Waals surface area contributed by atoms with E-state index in [0.29, 0.717) is 0 Å². The molecule has 0 fully saturated rings. The molecule has 2 aromatic carbocycles. The second-order valence-electron chi connectivity index (χ2n) is 4.34. The summed E-state index contributed by atoms with van der Waals surface area (Å²) in [4.78, 5) is 12.0. The van der Waals surface area contributed by atoms with Crippen LogP contribution in [0.25, 0.3) is 0 Å². The summed E-state index contributed by atoms with van der Waals surface area (Å²) in [6.45, 7) is 0. The van der Waals surface area contributed by atoms with Crippen molar-refractivity contribution in [3.63, 3.8) is 0 Å². The molecule has 0 radical (unpaired) electrons. The summed E-state index contributed by atoms with van der Waals surface area (Å²) >= 11 is 3.20. The van der Waals surface area contributed by atoms with Gasteiger partial charge in [0.05, 0.1) is 4.90 Å². The molecular weight excluding hydrogens is 360 g/mol. The topological polar surface area (TPSA) is 91.7 Å². The molecule has 0 atom stereocenters. The number of phenols is 2. The zero-order valence-corrected chi connectivity index (χ0v) is 13.1. The maximum atomic E-state index is 12.1. The zero-order valence-electron chi connectivity index (χ0n) is 10.7. The van der Waals surface area contributed by atoms with Crippen LogP contribution in [-0.4, -0.2) is 30.2 Å². The van der Waals surface area contributed by atoms with Crippen LogP contribution in [0.15, 0.2) is 51.8 Å². The van der Waals surface area contributed by atoms with E-state index in [9.17, 15) is 23.4 Å². The molecule has 0 unspecified atom stereocenters. The van der Waals surface area contributed by atoms with E-state index in [0.717, 1.165) is 16.6 Å². The van der Waals surface area contributed by atoms with Crippen LogP contribution in [0.1, 0.15) is 10.4 Å². The summed E-state index contributed by atoms with van der Waals surface area (Å²) in [7, 11) is -3.76. The molecule has 0 amide bonds. The number of phenolic OH excluding ortho intramolecular Hbond substituents is 2. The van der Waals surface area contributed by atoms with Gasteiger partial charge in [-0.1, -0.05) is 15.9 Å². The maximum Gasteiger partial charge on any atom is 0.185 e. The van der Waals surface area contributed by atoms with Crippen LogP contribution in [0.5, 0.6) is 11.5 Å². The monoisotopic (exact) mass is 370 g/mol. The van der Waals surface area contributed by atoms with E-state index >= 15 is 0 Å². The van der Waals surface area contributed by atoms with Crippen molar-refractivity contribution in [2.24, 2.45) is 0 Å². The molecule has 0 aromatic heterocycles. The van der Waals surface area contributed by atoms with Crippen LogP contribution in [0.3, 0.4) is 0 Å². The molecule has 0 saturated heterocycles. The predicted octanol–water partition coefficient (Wildman–Crippen LogP) is 2.52. The molecule has 5 nitrogen and oxygen atoms in total. The Morgan fingerprint density at radius 1 is 1.00 bits per heavy atom. The third-order valence-corrected chi connectivity index (χ3v) is 4.95. The second-order valence-corrected chi connectivity index (χ2v) is 7.24. The van der Waals surface area contributed by atoms with Gasteiger partial charge in [0.1, 0.15) is 5.75 Å². The van der Waals surface area contributed by atoms with Gasteiger partial charge >= 0.3 is 0 Å². The predicted molar refractivity (Wildman–Crippen MR) is 80.3 cm³/mol. The second kappa shape index (κ2) is 5.87. The summed E-state index contributed by atoms with van der Waals surface area (Å²) < 4.78 is 25.0. The van der Waals surface area contributed by atoms with Gasteiger partial charge in [-0.2, -0.15) is 0 Å². The van der Waals surface area contributed by atoms with Crippen molar-refractivity contribution in [1.82, 2.24) is 0 Å². The minimum Gasteiger partial charge on any atom is -0.504 e. The minimum atomic E-state index is -3.76. The van der Waals surface area contributed by atoms with Gasteiger partial charge in [-0.25, -0.2) is 8.42 Å². The first-order valence-electron chi connectivity index (χ1n) is 5.83. The SMILES string of the molecule is O=C(CS(=O)(=O)c1ccc(Br)cc1)c1ccc(O)c(O)c1. The quantitative estimate of drug-likeness (QED) is 0.637. The Morgan fingerprint density at radius 3 is 2.19 bits per heavy atom. The fourth-order valence-corrected chi connectivity index (χ4v) is 3.17. The van der Waals surface area contributed by atoms with E-state index < -0.39 is 27.1 Å². The molecule has 2 N–H and O–H groups in total. The van der Waals surface area contributed by atoms with Gasteiger partial charge < -0.3 is 10.2 Å². The summed E-state index contributed by atoms with van der Waals surface area (Å²) in [5, 5.41) is 18.5. The average molecular weight is 371 g/mol. The van der Waals surface area contributed by atoms with Crippen molar-refractivity contribution in [2.45, 2.75) is 4.90 Å². The number of ketones is 1. The fraction of sp³-hybridized carbons (Fsp3) is 0.0714. The number of carbonyl (C=O) groups is 1. The van der Waals surface area contributed by atoms with Crippen molar-refractivity contribution < 1.29 is 23.4 Å². The Balaban J connectivity index is 2.25. The lowest BCUT2D eigenvalue weighted by molar-refractivity contribution is 0.102. The molecule has 110 valence electrons. The highest BCUT2D eigenvalue weighted by Crippen LogP contribution is 2.25. The molecule has 0 spiro atoms. The summed E-state index contributed by atoms with van der Waals surface area (Å²) in [6, 6.07) is 9.38. The van der Waals surface area contributed by atoms with E-state index in [-0.39, 0.29) is 16.2 Å². The number of hydrogen-bond acceptors (Lipinski definition) is 5. The summed E-state index contributed by atoms with van der Waals surface area (Å²) in [5.74, 6) is -2.21. The summed E-state index contributed by atoms with van der Waals surface area (Å²) in [5.41, 5.74) is 0.0194. The van der Waals surface area contributed by atoms with Crippen molar-refractivity contribution in [3.8, 4) is 11.5 Å². The van der Waals surface area contributed by atoms with Gasteiger partial charge in [-0.15, -0.1) is 0 Å². The fourth-order valence-electron chi connectivity index (χ4n) is 1.68. The van der Waals surface area contributed by atoms with Gasteiger partial charge in [0.25, 0.3) is 0 Å². The maximum absolute atomic E-state index is 12.1. The number of rotatable bonds is 4. The minimum absolute atomic E-state index is 0.0194. The first-order valence-corrected chi connectivity index (χ1v) is 8.27. The van der Waals surface area contributed by atoms with E-state index in [1.165, 1.54) is 18.2 Å². The Labute approximate surface area is 129 Å². The number of Topliss-reactive ketones (excluding diaryl/α,β-unsaturated/α-hetero) is 1. The molecule has 2 rings (SSSR count). The van der Waals surface area contributed by atoms with Crippen LogP contribution in [0.4, 0.5) is 0 Å². The smallest absolute Gasteiger partial charge is 0.185 e. The lowest BCUT2D eigenvalue weighted by atomic mass is 10.1. The third-order valence-electron chi connectivity index (χ3n) is 2.79. The Bertz CT molecular complexity index is 782. The Morgan fingerprint density at radius 2 is 1.62 bits per heavy atom. The van der Waals surface area contributed by atoms with Crippen molar-refractivity contribution in [3.05, 3.63) is 52.5 Å². The molecule has 21 heavy (non-hydrogen) atoms. The molecule has 0 saturated carbocycles. The normalized spacial score (nSPS) is 11.3. The number of sulfone groups is 1. The van der Waals surface area contributed by atoms with E-state index in [2.05, 4.69) is 15.9 Å². The number of benzene rings is 2. The Kier molecular flexibility index (Phi) is 4.34. The van der Waals surface area contributed by atoms with Gasteiger partial charge in [0.2, 0.25) is 0 Å². The van der Waals surface area contributed by atoms with Gasteiger partial charge in [-0.05, 0) is 42.5 Å². The van der Waals surface area contributed by atoms with Crippen molar-refractivity contribution in [2.75, 3.05) is 5.75 Å². The highest BCUT2D eigenvalue weighted by molar-refractivity contribution is 9.10. The molecular formula is C14H11BrO5S. The standard InChI is InChI=1S/C14H11BrO5S/c15-10-2-4-11(5-3-10)21(19,20)8-14(18)9-1-6-12(16)13(17)7-9/h1-7,16-17H,8H2. The van der Waals surface area contributed by atoms with Crippen molar-refractivity contribution in [1.29, 1.82) is 0 Å². The first-order chi connectivity index (χ1) is 9.79. The number of hydrogen-bond donors (Lipinski definition) is 2. The molecule has 0 bridgehead atoms. The Hall–Kier alpha value is -1.86. The first kappa shape index (κ1) is 15.5. The average Bonchev–Trinajstić information content (AvgIpc) is 2.41. The third kappa shape index (κ3) is 3.62. The van der Waals surface area contributed by atoms with Crippen LogP contribution in [0.2, 0.25) is 0 Å². The highest BCUT2D eigenvalue weighted by atomic mass is 79.9. The molecule has 2 aromatic rings. The lowest BCUT2D eigenvalue weighted by Gasteiger charge is -2.05. The highest BCUT2D eigenvalue weighted by Gasteiger charge is 2.21. The number of aromatic hydroxyl groups is 2. The van der Waals surface area contributed by atoms with E-state index in [1.807, 2.05) is 0 Å². The lowest BCUT2D eigenvalue weighted by Crippen LogP contribution is -2.16. The van der Waals surface area contributed by atoms with Crippen LogP contribution in [0, 0.1) is 0 Å². The molecule has 0 aliphatic rings. The number of carbonyl (C=O) groups excluding carboxylic acids is 1. The zero-order chi connectivity index (χ0) is 15.6. The van der Waals surface area contributed by atoms with Crippen LogP contribution in [-0.2, 0) is 9.84 Å². The molecule has 0 aliphatic carbocycles. The molecule has 0 heterocycles. The van der Waals surface area contributed by atoms with Gasteiger partial charge in [0, 0.05) is 10.0 Å². The molecule has 0 aliphatic heterocycles. The van der Waals surface area contributed by atoms with Gasteiger partial charge in [-0.3, -0.25) is 4.79 Å². The van der Waals surface area contributed by atoms with Crippen LogP contribution < -0.4 is 0 Å². The van der Waals surface area contributed by atoms with Crippen LogP contribution >= 0.6 is 15.9 Å². The van der Waals surface area contributed by atoms with E-state index in [1.54, 1.807) is 12.1 Å².